The van der Waals surface area contributed by atoms with E-state index in [2.05, 4.69) is 12.1 Å². The number of phenols is 1. The van der Waals surface area contributed by atoms with Gasteiger partial charge in [-0.1, -0.05) is 6.58 Å². The Morgan fingerprint density at radius 1 is 1.21 bits per heavy atom. The Labute approximate surface area is 225 Å². The van der Waals surface area contributed by atoms with E-state index in [1.54, 1.807) is 46.1 Å². The number of ketones is 4. The number of nitrogens with one attached hydrogen (secondary N) is 1. The molecule has 0 radical (unpaired) electrons. The maximum atomic E-state index is 14.0. The lowest BCUT2D eigenvalue weighted by molar-refractivity contribution is -0.181. The number of rotatable bonds is 7. The molecule has 1 aromatic rings. The Bertz CT molecular complexity index is 1300. The van der Waals surface area contributed by atoms with E-state index in [1.165, 1.54) is 4.90 Å². The molecule has 3 aliphatic carbocycles. The Kier molecular flexibility index (Phi) is 7.17. The number of aliphatic hydroxyl groups is 1. The number of nitrogens with two attached hydrogens (primary N) is 1. The molecule has 1 amide bonds. The van der Waals surface area contributed by atoms with E-state index in [0.717, 1.165) is 0 Å². The van der Waals surface area contributed by atoms with Gasteiger partial charge in [-0.25, -0.2) is 0 Å². The average molecular weight is 543 g/mol. The summed E-state index contributed by atoms with van der Waals surface area (Å²) in [5, 5.41) is 22.9. The van der Waals surface area contributed by atoms with E-state index >= 15 is 0 Å². The Balaban J connectivity index is 1.89. The van der Waals surface area contributed by atoms with E-state index in [4.69, 9.17) is 10.6 Å². The standard InChI is InChI=1S/C27H34N4O8/c1-7-39-29-11(2)13-10-16(30(3)4)14-8-12-9-15-20(31(5)6)23(34)19(26(28)37)25(36)27(15,38)24(35)17(12)22(33)18(14)21(13)32/h10,12,15,17,19-20,29,32,38H,2,7-9H2,1,3-6H3,(H2,28,37)/t12-,15-,17?,19?,20-,27-/m0/s1. The monoisotopic (exact) mass is 542 g/mol. The smallest absolute Gasteiger partial charge is 0.235 e. The lowest BCUT2D eigenvalue weighted by Crippen LogP contribution is -2.74. The van der Waals surface area contributed by atoms with Crippen LogP contribution in [0.1, 0.15) is 34.8 Å². The second kappa shape index (κ2) is 9.85. The number of phenolic OH excluding ortho intramolecular Hbond substituents is 1. The molecule has 0 saturated heterocycles. The fraction of sp³-hybridized carbons (Fsp3) is 0.519. The Hall–Kier alpha value is -3.61. The third-order valence-corrected chi connectivity index (χ3v) is 8.18. The molecule has 12 heteroatoms. The summed E-state index contributed by atoms with van der Waals surface area (Å²) in [6.45, 7) is 5.92. The fourth-order valence-electron chi connectivity index (χ4n) is 6.50. The first-order chi connectivity index (χ1) is 18.2. The number of aromatic hydroxyl groups is 1. The van der Waals surface area contributed by atoms with Crippen LogP contribution in [0.2, 0.25) is 0 Å². The van der Waals surface area contributed by atoms with Crippen LogP contribution in [0.25, 0.3) is 5.70 Å². The SMILES string of the molecule is C=C(NOCC)c1cc(N(C)C)c2c(c1O)C(=O)C1C(=O)[C@]3(O)C(=O)C(C(N)=O)C(=O)[C@@H](N(C)C)[C@@H]3C[C@@H]1C2. The van der Waals surface area contributed by atoms with Crippen LogP contribution in [0.5, 0.6) is 5.75 Å². The number of primary amides is 1. The number of hydrogen-bond donors (Lipinski definition) is 4. The van der Waals surface area contributed by atoms with Gasteiger partial charge < -0.3 is 20.8 Å². The van der Waals surface area contributed by atoms with E-state index in [0.29, 0.717) is 17.9 Å². The number of anilines is 1. The van der Waals surface area contributed by atoms with Gasteiger partial charge in [0.15, 0.2) is 34.7 Å². The number of amides is 1. The summed E-state index contributed by atoms with van der Waals surface area (Å²) in [5.41, 5.74) is 6.55. The molecule has 5 N–H and O–H groups in total. The predicted molar refractivity (Wildman–Crippen MR) is 139 cm³/mol. The molecule has 0 aromatic heterocycles. The van der Waals surface area contributed by atoms with E-state index in [-0.39, 0.29) is 29.7 Å². The van der Waals surface area contributed by atoms with Crippen molar-refractivity contribution in [2.45, 2.75) is 31.4 Å². The van der Waals surface area contributed by atoms with Crippen molar-refractivity contribution in [2.75, 3.05) is 39.7 Å². The number of likely N-dealkylation sites (N-methyl/N-ethyl adjacent to an activating group) is 1. The van der Waals surface area contributed by atoms with Gasteiger partial charge in [-0.3, -0.25) is 39.2 Å². The molecule has 1 aromatic carbocycles. The number of nitrogens with zero attached hydrogens (tertiary/aromatic N) is 2. The first-order valence-electron chi connectivity index (χ1n) is 12.7. The zero-order chi connectivity index (χ0) is 29.1. The number of hydrogen-bond acceptors (Lipinski definition) is 11. The van der Waals surface area contributed by atoms with Crippen LogP contribution in [0.15, 0.2) is 12.6 Å². The second-order valence-electron chi connectivity index (χ2n) is 10.8. The van der Waals surface area contributed by atoms with Crippen LogP contribution in [-0.2, 0) is 30.4 Å². The van der Waals surface area contributed by atoms with Crippen molar-refractivity contribution in [3.05, 3.63) is 29.3 Å². The van der Waals surface area contributed by atoms with Crippen molar-refractivity contribution < 1.29 is 39.0 Å². The molecule has 0 heterocycles. The maximum absolute atomic E-state index is 14.0. The van der Waals surface area contributed by atoms with Crippen molar-refractivity contribution in [3.8, 4) is 5.75 Å². The summed E-state index contributed by atoms with van der Waals surface area (Å²) in [5.74, 6) is -10.9. The van der Waals surface area contributed by atoms with Crippen LogP contribution < -0.4 is 16.1 Å². The number of benzene rings is 1. The van der Waals surface area contributed by atoms with Gasteiger partial charge in [-0.15, -0.1) is 0 Å². The molecule has 2 fully saturated rings. The highest BCUT2D eigenvalue weighted by molar-refractivity contribution is 6.32. The topological polar surface area (TPSA) is 180 Å². The lowest BCUT2D eigenvalue weighted by Gasteiger charge is -2.52. The predicted octanol–water partition coefficient (Wildman–Crippen LogP) is -0.555. The van der Waals surface area contributed by atoms with Gasteiger partial charge >= 0.3 is 0 Å². The molecule has 2 saturated carbocycles. The minimum atomic E-state index is -2.77. The molecule has 0 spiro atoms. The summed E-state index contributed by atoms with van der Waals surface area (Å²) in [6, 6.07) is 0.508. The summed E-state index contributed by atoms with van der Waals surface area (Å²) in [7, 11) is 6.62. The molecule has 0 bridgehead atoms. The fourth-order valence-corrected chi connectivity index (χ4v) is 6.50. The first-order valence-corrected chi connectivity index (χ1v) is 12.7. The molecule has 4 rings (SSSR count). The largest absolute Gasteiger partial charge is 0.506 e. The van der Waals surface area contributed by atoms with Crippen LogP contribution in [0.4, 0.5) is 5.69 Å². The minimum Gasteiger partial charge on any atom is -0.506 e. The van der Waals surface area contributed by atoms with Crippen LogP contribution in [0.3, 0.4) is 0 Å². The van der Waals surface area contributed by atoms with E-state index in [1.807, 2.05) is 0 Å². The van der Waals surface area contributed by atoms with E-state index < -0.39 is 70.1 Å². The van der Waals surface area contributed by atoms with Crippen LogP contribution >= 0.6 is 0 Å². The zero-order valence-corrected chi connectivity index (χ0v) is 22.6. The van der Waals surface area contributed by atoms with Crippen molar-refractivity contribution in [2.24, 2.45) is 29.4 Å². The summed E-state index contributed by atoms with van der Waals surface area (Å²) < 4.78 is 0. The second-order valence-corrected chi connectivity index (χ2v) is 10.8. The molecule has 6 atom stereocenters. The number of carbonyl (C=O) groups excluding carboxylic acids is 5. The third-order valence-electron chi connectivity index (χ3n) is 8.18. The van der Waals surface area contributed by atoms with Gasteiger partial charge in [-0.2, -0.15) is 0 Å². The maximum Gasteiger partial charge on any atom is 0.235 e. The molecule has 3 aliphatic rings. The highest BCUT2D eigenvalue weighted by Crippen LogP contribution is 2.52. The molecule has 0 aliphatic heterocycles. The number of hydroxylamine groups is 1. The average Bonchev–Trinajstić information content (AvgIpc) is 2.84. The summed E-state index contributed by atoms with van der Waals surface area (Å²) in [6.07, 6.45) is 0.149. The third kappa shape index (κ3) is 4.05. The Morgan fingerprint density at radius 2 is 1.85 bits per heavy atom. The van der Waals surface area contributed by atoms with Crippen molar-refractivity contribution in [1.82, 2.24) is 10.4 Å². The summed E-state index contributed by atoms with van der Waals surface area (Å²) in [4.78, 5) is 75.0. The number of Topliss-reactive ketones (excluding diaryl/α,β-unsaturated/α-hetero) is 4. The first kappa shape index (κ1) is 28.4. The minimum absolute atomic E-state index is 0.0160. The number of carbonyl (C=O) groups is 5. The van der Waals surface area contributed by atoms with E-state index in [9.17, 15) is 34.2 Å². The van der Waals surface area contributed by atoms with Gasteiger partial charge in [-0.05, 0) is 51.4 Å². The normalized spacial score (nSPS) is 30.0. The summed E-state index contributed by atoms with van der Waals surface area (Å²) >= 11 is 0. The van der Waals surface area contributed by atoms with Crippen molar-refractivity contribution in [1.29, 1.82) is 0 Å². The lowest BCUT2D eigenvalue weighted by atomic mass is 9.52. The van der Waals surface area contributed by atoms with Crippen LogP contribution in [-0.4, -0.2) is 90.6 Å². The highest BCUT2D eigenvalue weighted by atomic mass is 16.6. The van der Waals surface area contributed by atoms with Crippen LogP contribution in [0, 0.1) is 23.7 Å². The molecule has 2 unspecified atom stereocenters. The van der Waals surface area contributed by atoms with Gasteiger partial charge in [0.25, 0.3) is 0 Å². The number of fused-ring (bicyclic) bond motifs is 3. The van der Waals surface area contributed by atoms with Gasteiger partial charge in [0, 0.05) is 31.3 Å². The molecule has 39 heavy (non-hydrogen) atoms. The molecule has 12 nitrogen and oxygen atoms in total. The van der Waals surface area contributed by atoms with Gasteiger partial charge in [0.05, 0.1) is 29.8 Å². The molecular formula is C27H34N4O8. The Morgan fingerprint density at radius 3 is 2.38 bits per heavy atom. The van der Waals surface area contributed by atoms with Gasteiger partial charge in [0.1, 0.15) is 5.75 Å². The molecule has 210 valence electrons. The van der Waals surface area contributed by atoms with Crippen molar-refractivity contribution in [3.63, 3.8) is 0 Å². The van der Waals surface area contributed by atoms with Crippen molar-refractivity contribution >= 4 is 40.4 Å². The van der Waals surface area contributed by atoms with Gasteiger partial charge in [0.2, 0.25) is 5.91 Å². The molecular weight excluding hydrogens is 508 g/mol. The zero-order valence-electron chi connectivity index (χ0n) is 22.6. The highest BCUT2D eigenvalue weighted by Gasteiger charge is 2.69. The quantitative estimate of drug-likeness (QED) is 0.256.